The van der Waals surface area contributed by atoms with Gasteiger partial charge < -0.3 is 2.85 Å². The number of hydrogen-bond donors (Lipinski definition) is 0. The first-order valence-electron chi connectivity index (χ1n) is 2.83. The van der Waals surface area contributed by atoms with Crippen molar-refractivity contribution in [1.82, 2.24) is 0 Å². The van der Waals surface area contributed by atoms with Gasteiger partial charge in [-0.3, -0.25) is 0 Å². The summed E-state index contributed by atoms with van der Waals surface area (Å²) < 4.78 is 0. The average molecular weight is 132 g/mol. The van der Waals surface area contributed by atoms with Crippen molar-refractivity contribution in [2.24, 2.45) is 0 Å². The Labute approximate surface area is 75.5 Å². The monoisotopic (exact) mass is 132 g/mol. The Balaban J connectivity index is -0.000000213. The quantitative estimate of drug-likeness (QED) is 0.444. The molecule has 0 saturated heterocycles. The van der Waals surface area contributed by atoms with Crippen LogP contribution in [0.5, 0.6) is 0 Å². The summed E-state index contributed by atoms with van der Waals surface area (Å²) in [5.41, 5.74) is 2.74. The van der Waals surface area contributed by atoms with Crippen molar-refractivity contribution < 1.29 is 2.85 Å². The molecule has 0 N–H and O–H groups in total. The van der Waals surface area contributed by atoms with Crippen molar-refractivity contribution in [1.29, 1.82) is 0 Å². The van der Waals surface area contributed by atoms with E-state index < -0.39 is 0 Å². The first kappa shape index (κ1) is 8.99. The first-order chi connectivity index (χ1) is 3.80. The number of allylic oxidation sites excluding steroid dienone is 6. The first-order valence-corrected chi connectivity index (χ1v) is 2.83. The molecule has 0 atom stereocenters. The van der Waals surface area contributed by atoms with E-state index in [9.17, 15) is 0 Å². The second-order valence-electron chi connectivity index (χ2n) is 2.17. The van der Waals surface area contributed by atoms with Gasteiger partial charge >= 0.3 is 23.1 Å². The van der Waals surface area contributed by atoms with E-state index in [4.69, 9.17) is 0 Å². The normalized spacial score (nSPS) is 13.8. The molecular weight excluding hydrogens is 120 g/mol. The summed E-state index contributed by atoms with van der Waals surface area (Å²) >= 11 is 0. The fraction of sp³-hybridized carbons (Fsp3) is 0.250. The second-order valence-corrected chi connectivity index (χ2v) is 2.17. The van der Waals surface area contributed by atoms with Crippen LogP contribution < -0.4 is 0 Å². The van der Waals surface area contributed by atoms with Gasteiger partial charge in [0.05, 0.1) is 0 Å². The summed E-state index contributed by atoms with van der Waals surface area (Å²) in [5.74, 6) is 0. The zero-order chi connectivity index (χ0) is 5.98. The smallest absolute Gasteiger partial charge is 1.00 e. The third kappa shape index (κ3) is 2.37. The van der Waals surface area contributed by atoms with Crippen LogP contribution in [0.3, 0.4) is 0 Å². The SMILES string of the molecule is CC(C)=C1C=CC=C1.[H-].[H-].[Mg+2]. The molecule has 1 rings (SSSR count). The molecule has 46 valence electrons. The van der Waals surface area contributed by atoms with Crippen molar-refractivity contribution in [2.45, 2.75) is 13.8 Å². The minimum Gasteiger partial charge on any atom is -1.00 e. The van der Waals surface area contributed by atoms with Crippen LogP contribution in [0, 0.1) is 0 Å². The molecule has 0 unspecified atom stereocenters. The molecule has 0 nitrogen and oxygen atoms in total. The molecule has 0 spiro atoms. The molecule has 0 heterocycles. The topological polar surface area (TPSA) is 0 Å². The molecule has 1 aliphatic carbocycles. The Morgan fingerprint density at radius 1 is 1.22 bits per heavy atom. The van der Waals surface area contributed by atoms with Crippen LogP contribution in [0.15, 0.2) is 35.5 Å². The van der Waals surface area contributed by atoms with Gasteiger partial charge in [0.2, 0.25) is 0 Å². The van der Waals surface area contributed by atoms with E-state index in [0.29, 0.717) is 0 Å². The molecule has 0 bridgehead atoms. The third-order valence-electron chi connectivity index (χ3n) is 1.24. The number of hydrogen-bond acceptors (Lipinski definition) is 0. The summed E-state index contributed by atoms with van der Waals surface area (Å²) in [6, 6.07) is 0. The molecular formula is C8H12Mg. The van der Waals surface area contributed by atoms with Crippen LogP contribution in [-0.4, -0.2) is 23.1 Å². The molecule has 0 aromatic rings. The largest absolute Gasteiger partial charge is 2.00 e. The van der Waals surface area contributed by atoms with Gasteiger partial charge in [-0.1, -0.05) is 29.9 Å². The fourth-order valence-electron chi connectivity index (χ4n) is 0.707. The van der Waals surface area contributed by atoms with E-state index in [1.807, 2.05) is 0 Å². The molecule has 0 aliphatic heterocycles. The maximum absolute atomic E-state index is 2.12. The van der Waals surface area contributed by atoms with E-state index in [1.54, 1.807) is 0 Å². The Hall–Kier alpha value is -0.0138. The third-order valence-corrected chi connectivity index (χ3v) is 1.24. The van der Waals surface area contributed by atoms with Gasteiger partial charge in [0, 0.05) is 0 Å². The zero-order valence-electron chi connectivity index (χ0n) is 8.02. The average Bonchev–Trinajstić information content (AvgIpc) is 2.12. The van der Waals surface area contributed by atoms with E-state index in [-0.39, 0.29) is 25.9 Å². The second kappa shape index (κ2) is 3.91. The van der Waals surface area contributed by atoms with Gasteiger partial charge in [-0.25, -0.2) is 0 Å². The van der Waals surface area contributed by atoms with Gasteiger partial charge in [-0.2, -0.15) is 0 Å². The summed E-state index contributed by atoms with van der Waals surface area (Å²) in [5, 5.41) is 0. The molecule has 0 aromatic heterocycles. The number of rotatable bonds is 0. The van der Waals surface area contributed by atoms with Crippen molar-refractivity contribution >= 4 is 23.1 Å². The van der Waals surface area contributed by atoms with Gasteiger partial charge in [-0.05, 0) is 19.4 Å². The van der Waals surface area contributed by atoms with Gasteiger partial charge in [-0.15, -0.1) is 0 Å². The molecule has 0 aromatic carbocycles. The van der Waals surface area contributed by atoms with Crippen LogP contribution in [-0.2, 0) is 0 Å². The Morgan fingerprint density at radius 3 is 1.89 bits per heavy atom. The van der Waals surface area contributed by atoms with Crippen molar-refractivity contribution in [3.63, 3.8) is 0 Å². The minimum atomic E-state index is 0. The Bertz CT molecular complexity index is 163. The molecule has 1 heteroatoms. The van der Waals surface area contributed by atoms with Crippen LogP contribution in [0.25, 0.3) is 0 Å². The van der Waals surface area contributed by atoms with E-state index in [2.05, 4.69) is 38.2 Å². The van der Waals surface area contributed by atoms with Crippen LogP contribution >= 0.6 is 0 Å². The van der Waals surface area contributed by atoms with Gasteiger partial charge in [0.15, 0.2) is 0 Å². The maximum Gasteiger partial charge on any atom is 2.00 e. The molecule has 0 amide bonds. The Morgan fingerprint density at radius 2 is 1.67 bits per heavy atom. The minimum absolute atomic E-state index is 0. The summed E-state index contributed by atoms with van der Waals surface area (Å²) in [7, 11) is 0. The van der Waals surface area contributed by atoms with Gasteiger partial charge in [0.25, 0.3) is 0 Å². The molecule has 0 radical (unpaired) electrons. The van der Waals surface area contributed by atoms with Crippen LogP contribution in [0.2, 0.25) is 0 Å². The summed E-state index contributed by atoms with van der Waals surface area (Å²) in [6.45, 7) is 4.24. The molecule has 1 aliphatic rings. The zero-order valence-corrected chi connectivity index (χ0v) is 7.43. The van der Waals surface area contributed by atoms with E-state index in [1.165, 1.54) is 11.1 Å². The maximum atomic E-state index is 2.12. The van der Waals surface area contributed by atoms with E-state index >= 15 is 0 Å². The Kier molecular flexibility index (Phi) is 3.90. The molecule has 0 fully saturated rings. The van der Waals surface area contributed by atoms with Crippen molar-refractivity contribution in [3.8, 4) is 0 Å². The summed E-state index contributed by atoms with van der Waals surface area (Å²) in [6.07, 6.45) is 8.36. The fourth-order valence-corrected chi connectivity index (χ4v) is 0.707. The van der Waals surface area contributed by atoms with Crippen LogP contribution in [0.1, 0.15) is 16.7 Å². The van der Waals surface area contributed by atoms with Crippen molar-refractivity contribution in [2.75, 3.05) is 0 Å². The van der Waals surface area contributed by atoms with Gasteiger partial charge in [0.1, 0.15) is 0 Å². The summed E-state index contributed by atoms with van der Waals surface area (Å²) in [4.78, 5) is 0. The predicted octanol–water partition coefficient (Wildman–Crippen LogP) is 2.29. The van der Waals surface area contributed by atoms with Crippen LogP contribution in [0.4, 0.5) is 0 Å². The molecule has 9 heavy (non-hydrogen) atoms. The standard InChI is InChI=1S/C8H10.Mg.2H/c1-7(2)8-5-3-4-6-8;;;/h3-6H,1-2H3;;;/q;+2;2*-1. The van der Waals surface area contributed by atoms with E-state index in [0.717, 1.165) is 0 Å². The predicted molar refractivity (Wildman–Crippen MR) is 44.6 cm³/mol. The molecule has 0 saturated carbocycles. The van der Waals surface area contributed by atoms with Crippen molar-refractivity contribution in [3.05, 3.63) is 35.5 Å².